The summed E-state index contributed by atoms with van der Waals surface area (Å²) in [6.45, 7) is 7.92. The van der Waals surface area contributed by atoms with Crippen molar-refractivity contribution in [3.63, 3.8) is 0 Å². The van der Waals surface area contributed by atoms with Crippen LogP contribution in [0.3, 0.4) is 0 Å². The summed E-state index contributed by atoms with van der Waals surface area (Å²) in [5, 5.41) is 14.4. The van der Waals surface area contributed by atoms with Gasteiger partial charge in [-0.1, -0.05) is 19.0 Å². The molecule has 2 aliphatic rings. The highest BCUT2D eigenvalue weighted by Gasteiger charge is 2.52. The predicted molar refractivity (Wildman–Crippen MR) is 106 cm³/mol. The number of hydrogen-bond acceptors (Lipinski definition) is 7. The molecule has 0 saturated carbocycles. The van der Waals surface area contributed by atoms with Crippen LogP contribution in [0, 0.1) is 11.3 Å². The number of likely N-dealkylation sites (tertiary alicyclic amines) is 2. The predicted octanol–water partition coefficient (Wildman–Crippen LogP) is 1.47. The number of aliphatic hydroxyl groups is 1. The van der Waals surface area contributed by atoms with Gasteiger partial charge < -0.3 is 14.5 Å². The highest BCUT2D eigenvalue weighted by molar-refractivity contribution is 5.77. The molecule has 8 heteroatoms. The van der Waals surface area contributed by atoms with Crippen molar-refractivity contribution in [2.45, 2.75) is 39.2 Å². The van der Waals surface area contributed by atoms with Gasteiger partial charge in [-0.2, -0.15) is 0 Å². The van der Waals surface area contributed by atoms with E-state index in [4.69, 9.17) is 4.52 Å². The van der Waals surface area contributed by atoms with Crippen LogP contribution in [0.15, 0.2) is 29.2 Å². The van der Waals surface area contributed by atoms with Crippen molar-refractivity contribution < 1.29 is 14.4 Å². The fourth-order valence-electron chi connectivity index (χ4n) is 4.58. The van der Waals surface area contributed by atoms with E-state index in [1.807, 2.05) is 11.0 Å². The molecule has 2 saturated heterocycles. The number of aromatic nitrogens is 3. The van der Waals surface area contributed by atoms with Crippen molar-refractivity contribution in [2.75, 3.05) is 32.8 Å². The third-order valence-corrected chi connectivity index (χ3v) is 6.24. The molecule has 1 N–H and O–H groups in total. The van der Waals surface area contributed by atoms with Crippen LogP contribution in [0.2, 0.25) is 0 Å². The standard InChI is InChI=1S/C21H29N5O3/c1-15(2)19-7-18(24-29-19)11-25-9-16-10-26(13-21(16,12-25)14-27)20(28)4-3-17-8-22-5-6-23-17/h5-8,15-16,27H,3-4,9-14H2,1-2H3. The average Bonchev–Trinajstić information content (AvgIpc) is 3.40. The minimum atomic E-state index is -0.243. The van der Waals surface area contributed by atoms with E-state index in [1.54, 1.807) is 18.6 Å². The zero-order chi connectivity index (χ0) is 20.4. The summed E-state index contributed by atoms with van der Waals surface area (Å²) >= 11 is 0. The topological polar surface area (TPSA) is 95.6 Å². The second-order valence-corrected chi connectivity index (χ2v) is 8.73. The molecule has 0 bridgehead atoms. The normalized spacial score (nSPS) is 24.4. The SMILES string of the molecule is CC(C)c1cc(CN2CC3CN(C(=O)CCc4cnccn4)CC3(CO)C2)no1. The third kappa shape index (κ3) is 4.18. The number of rotatable bonds is 7. The fourth-order valence-corrected chi connectivity index (χ4v) is 4.58. The lowest BCUT2D eigenvalue weighted by atomic mass is 9.82. The zero-order valence-electron chi connectivity index (χ0n) is 17.1. The molecule has 0 radical (unpaired) electrons. The van der Waals surface area contributed by atoms with E-state index in [0.717, 1.165) is 36.8 Å². The van der Waals surface area contributed by atoms with E-state index >= 15 is 0 Å². The van der Waals surface area contributed by atoms with Crippen LogP contribution in [0.25, 0.3) is 0 Å². The Kier molecular flexibility index (Phi) is 5.65. The summed E-state index contributed by atoms with van der Waals surface area (Å²) in [4.78, 5) is 25.2. The Balaban J connectivity index is 1.33. The van der Waals surface area contributed by atoms with E-state index in [9.17, 15) is 9.90 Å². The second kappa shape index (κ2) is 8.20. The first-order chi connectivity index (χ1) is 14.0. The lowest BCUT2D eigenvalue weighted by molar-refractivity contribution is -0.130. The van der Waals surface area contributed by atoms with Crippen LogP contribution in [0.4, 0.5) is 0 Å². The molecule has 2 aromatic rings. The maximum Gasteiger partial charge on any atom is 0.222 e. The fraction of sp³-hybridized carbons (Fsp3) is 0.619. The highest BCUT2D eigenvalue weighted by Crippen LogP contribution is 2.42. The number of carbonyl (C=O) groups is 1. The molecule has 2 aromatic heterocycles. The molecule has 2 atom stereocenters. The van der Waals surface area contributed by atoms with Crippen molar-refractivity contribution in [3.05, 3.63) is 41.8 Å². The van der Waals surface area contributed by atoms with Gasteiger partial charge in [0.2, 0.25) is 5.91 Å². The van der Waals surface area contributed by atoms with E-state index < -0.39 is 0 Å². The van der Waals surface area contributed by atoms with Gasteiger partial charge in [0.05, 0.1) is 18.0 Å². The molecular formula is C21H29N5O3. The second-order valence-electron chi connectivity index (χ2n) is 8.73. The van der Waals surface area contributed by atoms with Crippen molar-refractivity contribution in [2.24, 2.45) is 11.3 Å². The molecule has 29 heavy (non-hydrogen) atoms. The Hall–Kier alpha value is -2.32. The van der Waals surface area contributed by atoms with Crippen molar-refractivity contribution >= 4 is 5.91 Å². The Morgan fingerprint density at radius 1 is 1.31 bits per heavy atom. The number of nitrogens with zero attached hydrogens (tertiary/aromatic N) is 5. The van der Waals surface area contributed by atoms with Crippen molar-refractivity contribution in [1.29, 1.82) is 0 Å². The van der Waals surface area contributed by atoms with Gasteiger partial charge in [0, 0.05) is 75.1 Å². The number of amides is 1. The van der Waals surface area contributed by atoms with Gasteiger partial charge in [-0.25, -0.2) is 0 Å². The summed E-state index contributed by atoms with van der Waals surface area (Å²) in [5.74, 6) is 1.63. The number of aliphatic hydroxyl groups excluding tert-OH is 1. The maximum absolute atomic E-state index is 12.7. The van der Waals surface area contributed by atoms with Gasteiger partial charge in [-0.05, 0) is 12.3 Å². The Morgan fingerprint density at radius 3 is 2.83 bits per heavy atom. The summed E-state index contributed by atoms with van der Waals surface area (Å²) in [6.07, 6.45) is 6.00. The first-order valence-corrected chi connectivity index (χ1v) is 10.3. The Bertz CT molecular complexity index is 840. The third-order valence-electron chi connectivity index (χ3n) is 6.24. The molecule has 4 rings (SSSR count). The number of hydrogen-bond donors (Lipinski definition) is 1. The van der Waals surface area contributed by atoms with Gasteiger partial charge in [0.1, 0.15) is 5.76 Å². The van der Waals surface area contributed by atoms with Crippen LogP contribution in [-0.2, 0) is 17.8 Å². The van der Waals surface area contributed by atoms with E-state index in [-0.39, 0.29) is 23.8 Å². The van der Waals surface area contributed by atoms with Gasteiger partial charge in [-0.3, -0.25) is 19.7 Å². The molecule has 2 unspecified atom stereocenters. The number of carbonyl (C=O) groups excluding carboxylic acids is 1. The van der Waals surface area contributed by atoms with Crippen molar-refractivity contribution in [3.8, 4) is 0 Å². The first kappa shape index (κ1) is 20.0. The summed E-state index contributed by atoms with van der Waals surface area (Å²) in [7, 11) is 0. The summed E-state index contributed by atoms with van der Waals surface area (Å²) in [6, 6.07) is 2.02. The van der Waals surface area contributed by atoms with E-state index in [1.165, 1.54) is 0 Å². The highest BCUT2D eigenvalue weighted by atomic mass is 16.5. The van der Waals surface area contributed by atoms with Crippen LogP contribution >= 0.6 is 0 Å². The molecule has 156 valence electrons. The van der Waals surface area contributed by atoms with Crippen molar-refractivity contribution in [1.82, 2.24) is 24.9 Å². The van der Waals surface area contributed by atoms with Crippen LogP contribution < -0.4 is 0 Å². The Labute approximate surface area is 170 Å². The first-order valence-electron chi connectivity index (χ1n) is 10.3. The maximum atomic E-state index is 12.7. The van der Waals surface area contributed by atoms with Gasteiger partial charge in [0.25, 0.3) is 0 Å². The molecule has 2 fully saturated rings. The summed E-state index contributed by atoms with van der Waals surface area (Å²) < 4.78 is 5.41. The molecule has 1 amide bonds. The van der Waals surface area contributed by atoms with Gasteiger partial charge >= 0.3 is 0 Å². The minimum Gasteiger partial charge on any atom is -0.396 e. The van der Waals surface area contributed by atoms with E-state index in [2.05, 4.69) is 33.9 Å². The van der Waals surface area contributed by atoms with Crippen LogP contribution in [0.1, 0.15) is 43.3 Å². The molecule has 4 heterocycles. The monoisotopic (exact) mass is 399 g/mol. The molecule has 0 aliphatic carbocycles. The molecular weight excluding hydrogens is 370 g/mol. The zero-order valence-corrected chi connectivity index (χ0v) is 17.1. The van der Waals surface area contributed by atoms with Gasteiger partial charge in [0.15, 0.2) is 0 Å². The summed E-state index contributed by atoms with van der Waals surface area (Å²) in [5.41, 5.74) is 1.52. The van der Waals surface area contributed by atoms with Crippen LogP contribution in [0.5, 0.6) is 0 Å². The quantitative estimate of drug-likeness (QED) is 0.753. The molecule has 2 aliphatic heterocycles. The number of fused-ring (bicyclic) bond motifs is 1. The smallest absolute Gasteiger partial charge is 0.222 e. The lowest BCUT2D eigenvalue weighted by Gasteiger charge is -2.27. The Morgan fingerprint density at radius 2 is 2.17 bits per heavy atom. The van der Waals surface area contributed by atoms with E-state index in [0.29, 0.717) is 31.8 Å². The number of aryl methyl sites for hydroxylation is 1. The molecule has 8 nitrogen and oxygen atoms in total. The van der Waals surface area contributed by atoms with Gasteiger partial charge in [-0.15, -0.1) is 0 Å². The molecule has 0 aromatic carbocycles. The average molecular weight is 399 g/mol. The lowest BCUT2D eigenvalue weighted by Crippen LogP contribution is -2.39. The largest absolute Gasteiger partial charge is 0.396 e. The molecule has 0 spiro atoms. The van der Waals surface area contributed by atoms with Crippen LogP contribution in [-0.4, -0.2) is 68.7 Å². The minimum absolute atomic E-state index is 0.0954.